The lowest BCUT2D eigenvalue weighted by molar-refractivity contribution is -0.121. The summed E-state index contributed by atoms with van der Waals surface area (Å²) < 4.78 is 24.5. The lowest BCUT2D eigenvalue weighted by Crippen LogP contribution is -2.28. The minimum atomic E-state index is -3.49. The quantitative estimate of drug-likeness (QED) is 0.886. The molecule has 126 valence electrons. The number of nitrogens with one attached hydrogen (secondary N) is 1. The molecule has 1 amide bonds. The molecule has 3 rings (SSSR count). The van der Waals surface area contributed by atoms with Gasteiger partial charge in [0.25, 0.3) is 0 Å². The maximum Gasteiger partial charge on any atom is 0.221 e. The molecular formula is C18H18ClNO3S. The van der Waals surface area contributed by atoms with Gasteiger partial charge >= 0.3 is 0 Å². The Bertz CT molecular complexity index is 847. The van der Waals surface area contributed by atoms with Gasteiger partial charge < -0.3 is 5.32 Å². The molecule has 0 bridgehead atoms. The van der Waals surface area contributed by atoms with Crippen LogP contribution in [-0.2, 0) is 21.1 Å². The molecule has 4 nitrogen and oxygen atoms in total. The number of hydrogen-bond donors (Lipinski definition) is 1. The lowest BCUT2D eigenvalue weighted by atomic mass is 10.1. The first kappa shape index (κ1) is 17.0. The van der Waals surface area contributed by atoms with E-state index in [9.17, 15) is 13.2 Å². The van der Waals surface area contributed by atoms with Crippen LogP contribution in [0, 0.1) is 0 Å². The number of carbonyl (C=O) groups is 1. The van der Waals surface area contributed by atoms with Crippen molar-refractivity contribution in [1.29, 1.82) is 0 Å². The van der Waals surface area contributed by atoms with Crippen molar-refractivity contribution in [3.05, 3.63) is 64.7 Å². The van der Waals surface area contributed by atoms with Crippen molar-refractivity contribution in [3.8, 4) is 0 Å². The highest BCUT2D eigenvalue weighted by atomic mass is 35.5. The summed E-state index contributed by atoms with van der Waals surface area (Å²) in [4.78, 5) is 12.3. The van der Waals surface area contributed by atoms with Gasteiger partial charge in [-0.1, -0.05) is 35.9 Å². The summed E-state index contributed by atoms with van der Waals surface area (Å²) >= 11 is 5.77. The van der Waals surface area contributed by atoms with Gasteiger partial charge in [-0.2, -0.15) is 0 Å². The Kier molecular flexibility index (Phi) is 4.92. The molecule has 1 aliphatic rings. The molecule has 0 saturated heterocycles. The molecule has 1 aliphatic carbocycles. The van der Waals surface area contributed by atoms with Gasteiger partial charge in [-0.05, 0) is 48.2 Å². The van der Waals surface area contributed by atoms with Crippen molar-refractivity contribution in [3.63, 3.8) is 0 Å². The Morgan fingerprint density at radius 2 is 1.83 bits per heavy atom. The number of carbonyl (C=O) groups excluding carboxylic acids is 1. The van der Waals surface area contributed by atoms with E-state index < -0.39 is 9.84 Å². The molecule has 0 saturated carbocycles. The van der Waals surface area contributed by atoms with Crippen molar-refractivity contribution in [2.75, 3.05) is 5.75 Å². The van der Waals surface area contributed by atoms with E-state index in [1.807, 2.05) is 18.2 Å². The van der Waals surface area contributed by atoms with Gasteiger partial charge in [0.1, 0.15) is 0 Å². The number of amides is 1. The first-order valence-electron chi connectivity index (χ1n) is 7.81. The zero-order chi connectivity index (χ0) is 17.2. The van der Waals surface area contributed by atoms with E-state index in [1.54, 1.807) is 0 Å². The van der Waals surface area contributed by atoms with Crippen LogP contribution in [0.3, 0.4) is 0 Å². The summed E-state index contributed by atoms with van der Waals surface area (Å²) in [5, 5.41) is 3.42. The molecule has 1 atom stereocenters. The summed E-state index contributed by atoms with van der Waals surface area (Å²) in [5.74, 6) is -0.455. The molecule has 0 spiro atoms. The summed E-state index contributed by atoms with van der Waals surface area (Å²) in [5.41, 5.74) is 2.38. The highest BCUT2D eigenvalue weighted by molar-refractivity contribution is 7.91. The van der Waals surface area contributed by atoms with Gasteiger partial charge in [-0.3, -0.25) is 4.79 Å². The second-order valence-electron chi connectivity index (χ2n) is 5.88. The fourth-order valence-corrected chi connectivity index (χ4v) is 4.33. The molecule has 2 aromatic carbocycles. The number of sulfone groups is 1. The minimum Gasteiger partial charge on any atom is -0.349 e. The largest absolute Gasteiger partial charge is 0.349 e. The lowest BCUT2D eigenvalue weighted by Gasteiger charge is -2.14. The van der Waals surface area contributed by atoms with Gasteiger partial charge in [-0.15, -0.1) is 0 Å². The van der Waals surface area contributed by atoms with Gasteiger partial charge in [0.2, 0.25) is 5.91 Å². The van der Waals surface area contributed by atoms with E-state index in [2.05, 4.69) is 11.4 Å². The predicted molar refractivity (Wildman–Crippen MR) is 93.8 cm³/mol. The summed E-state index contributed by atoms with van der Waals surface area (Å²) in [7, 11) is -3.49. The Balaban J connectivity index is 1.59. The van der Waals surface area contributed by atoms with Crippen LogP contribution in [0.4, 0.5) is 0 Å². The fraction of sp³-hybridized carbons (Fsp3) is 0.278. The molecule has 6 heteroatoms. The van der Waals surface area contributed by atoms with Gasteiger partial charge in [0.05, 0.1) is 16.7 Å². The van der Waals surface area contributed by atoms with Crippen LogP contribution in [0.1, 0.15) is 30.0 Å². The summed E-state index contributed by atoms with van der Waals surface area (Å²) in [6.07, 6.45) is 1.74. The predicted octanol–water partition coefficient (Wildman–Crippen LogP) is 3.31. The number of hydrogen-bond acceptors (Lipinski definition) is 3. The van der Waals surface area contributed by atoms with Gasteiger partial charge in [0, 0.05) is 11.4 Å². The number of aryl methyl sites for hydroxylation is 1. The second kappa shape index (κ2) is 6.95. The first-order valence-corrected chi connectivity index (χ1v) is 9.84. The van der Waals surface area contributed by atoms with Crippen LogP contribution < -0.4 is 5.32 Å². The maximum absolute atomic E-state index is 12.3. The van der Waals surface area contributed by atoms with Crippen molar-refractivity contribution >= 4 is 27.3 Å². The Labute approximate surface area is 146 Å². The maximum atomic E-state index is 12.3. The number of halogens is 1. The monoisotopic (exact) mass is 363 g/mol. The number of fused-ring (bicyclic) bond motifs is 1. The van der Waals surface area contributed by atoms with Gasteiger partial charge in [0.15, 0.2) is 9.84 Å². The summed E-state index contributed by atoms with van der Waals surface area (Å²) in [6.45, 7) is 0. The van der Waals surface area contributed by atoms with Crippen LogP contribution in [-0.4, -0.2) is 20.1 Å². The summed E-state index contributed by atoms with van der Waals surface area (Å²) in [6, 6.07) is 14.0. The highest BCUT2D eigenvalue weighted by Crippen LogP contribution is 2.30. The van der Waals surface area contributed by atoms with E-state index in [1.165, 1.54) is 29.8 Å². The molecule has 0 fully saturated rings. The molecule has 1 N–H and O–H groups in total. The third kappa shape index (κ3) is 3.79. The molecule has 2 aromatic rings. The molecule has 24 heavy (non-hydrogen) atoms. The van der Waals surface area contributed by atoms with E-state index in [0.717, 1.165) is 18.4 Å². The molecule has 0 heterocycles. The SMILES string of the molecule is O=C(CCS(=O)(=O)c1ccc(Cl)cc1)NC1CCc2ccccc21. The Morgan fingerprint density at radius 3 is 2.58 bits per heavy atom. The Morgan fingerprint density at radius 1 is 1.12 bits per heavy atom. The van der Waals surface area contributed by atoms with Crippen LogP contribution in [0.15, 0.2) is 53.4 Å². The first-order chi connectivity index (χ1) is 11.5. The van der Waals surface area contributed by atoms with Crippen LogP contribution in [0.25, 0.3) is 0 Å². The fourth-order valence-electron chi connectivity index (χ4n) is 2.96. The van der Waals surface area contributed by atoms with Crippen LogP contribution in [0.2, 0.25) is 5.02 Å². The van der Waals surface area contributed by atoms with Crippen LogP contribution in [0.5, 0.6) is 0 Å². The zero-order valence-corrected chi connectivity index (χ0v) is 14.6. The standard InChI is InChI=1S/C18H18ClNO3S/c19-14-6-8-15(9-7-14)24(22,23)12-11-18(21)20-17-10-5-13-3-1-2-4-16(13)17/h1-4,6-9,17H,5,10-12H2,(H,20,21). The topological polar surface area (TPSA) is 63.2 Å². The second-order valence-corrected chi connectivity index (χ2v) is 8.43. The average Bonchev–Trinajstić information content (AvgIpc) is 2.97. The van der Waals surface area contributed by atoms with E-state index in [0.29, 0.717) is 5.02 Å². The average molecular weight is 364 g/mol. The van der Waals surface area contributed by atoms with E-state index >= 15 is 0 Å². The molecule has 1 unspecified atom stereocenters. The smallest absolute Gasteiger partial charge is 0.221 e. The zero-order valence-electron chi connectivity index (χ0n) is 13.0. The molecule has 0 radical (unpaired) electrons. The number of rotatable bonds is 5. The van der Waals surface area contributed by atoms with Crippen molar-refractivity contribution in [2.45, 2.75) is 30.2 Å². The van der Waals surface area contributed by atoms with E-state index in [-0.39, 0.29) is 29.0 Å². The Hall–Kier alpha value is -1.85. The minimum absolute atomic E-state index is 0.0214. The normalized spacial score (nSPS) is 16.6. The molecular weight excluding hydrogens is 346 g/mol. The molecule has 0 aromatic heterocycles. The van der Waals surface area contributed by atoms with Crippen molar-refractivity contribution < 1.29 is 13.2 Å². The van der Waals surface area contributed by atoms with E-state index in [4.69, 9.17) is 11.6 Å². The van der Waals surface area contributed by atoms with Crippen LogP contribution >= 0.6 is 11.6 Å². The van der Waals surface area contributed by atoms with Gasteiger partial charge in [-0.25, -0.2) is 8.42 Å². The number of benzene rings is 2. The van der Waals surface area contributed by atoms with Crippen molar-refractivity contribution in [2.24, 2.45) is 0 Å². The molecule has 0 aliphatic heterocycles. The van der Waals surface area contributed by atoms with Crippen molar-refractivity contribution in [1.82, 2.24) is 5.32 Å². The third-order valence-electron chi connectivity index (χ3n) is 4.24. The third-order valence-corrected chi connectivity index (χ3v) is 6.22. The highest BCUT2D eigenvalue weighted by Gasteiger charge is 2.24.